The first-order valence-electron chi connectivity index (χ1n) is 1.93. The van der Waals surface area contributed by atoms with Crippen LogP contribution >= 0.6 is 0 Å². The molecule has 1 aliphatic heterocycles. The molecule has 0 bridgehead atoms. The van der Waals surface area contributed by atoms with Gasteiger partial charge in [0.05, 0.1) is 0 Å². The predicted molar refractivity (Wildman–Crippen MR) is 23.7 cm³/mol. The van der Waals surface area contributed by atoms with E-state index in [1.165, 1.54) is 12.5 Å². The molecule has 0 fully saturated rings. The van der Waals surface area contributed by atoms with Crippen LogP contribution in [0.3, 0.4) is 0 Å². The molecule has 0 aliphatic carbocycles. The van der Waals surface area contributed by atoms with Crippen LogP contribution in [0.2, 0.25) is 0 Å². The highest BCUT2D eigenvalue weighted by Crippen LogP contribution is 1.76. The van der Waals surface area contributed by atoms with E-state index in [1.54, 1.807) is 12.2 Å². The molecule has 7 heavy (non-hydrogen) atoms. The van der Waals surface area contributed by atoms with Crippen molar-refractivity contribution in [3.8, 4) is 0 Å². The van der Waals surface area contributed by atoms with Crippen LogP contribution in [0.1, 0.15) is 0 Å². The van der Waals surface area contributed by atoms with E-state index < -0.39 is 0 Å². The van der Waals surface area contributed by atoms with Crippen molar-refractivity contribution in [2.75, 3.05) is 0 Å². The van der Waals surface area contributed by atoms with E-state index in [-0.39, 0.29) is 5.23 Å². The molecule has 0 aromatic carbocycles. The molecule has 0 aromatic rings. The van der Waals surface area contributed by atoms with Gasteiger partial charge >= 0.3 is 0 Å². The summed E-state index contributed by atoms with van der Waals surface area (Å²) in [5, 5.41) is 9.80. The minimum Gasteiger partial charge on any atom is -0.586 e. The van der Waals surface area contributed by atoms with Crippen LogP contribution in [0.4, 0.5) is 0 Å². The molecule has 1 unspecified atom stereocenters. The van der Waals surface area contributed by atoms with E-state index in [0.717, 1.165) is 0 Å². The Morgan fingerprint density at radius 3 is 2.57 bits per heavy atom. The maximum atomic E-state index is 10.1. The summed E-state index contributed by atoms with van der Waals surface area (Å²) in [7, 11) is 0. The predicted octanol–water partition coefficient (Wildman–Crippen LogP) is -0.658. The van der Waals surface area contributed by atoms with E-state index in [2.05, 4.69) is 4.84 Å². The lowest BCUT2D eigenvalue weighted by Gasteiger charge is -2.13. The van der Waals surface area contributed by atoms with Gasteiger partial charge in [-0.05, 0) is 12.2 Å². The van der Waals surface area contributed by atoms with Gasteiger partial charge in [0.25, 0.3) is 0 Å². The Bertz CT molecular complexity index is 108. The van der Waals surface area contributed by atoms with E-state index in [9.17, 15) is 5.21 Å². The van der Waals surface area contributed by atoms with Crippen LogP contribution < -0.4 is 5.23 Å². The molecule has 38 valence electrons. The topological polar surface area (TPSA) is 36.7 Å². The Morgan fingerprint density at radius 1 is 1.43 bits per heavy atom. The normalized spacial score (nSPS) is 27.3. The lowest BCUT2D eigenvalue weighted by Crippen LogP contribution is -3.00. The number of nitrogens with one attached hydrogen (secondary N) is 1. The third kappa shape index (κ3) is 1.03. The summed E-state index contributed by atoms with van der Waals surface area (Å²) >= 11 is 0. The van der Waals surface area contributed by atoms with Gasteiger partial charge in [-0.3, -0.25) is 0 Å². The van der Waals surface area contributed by atoms with E-state index in [0.29, 0.717) is 0 Å². The number of rotatable bonds is 0. The molecule has 0 radical (unpaired) electrons. The average molecular weight is 99.1 g/mol. The zero-order chi connectivity index (χ0) is 5.11. The first-order chi connectivity index (χ1) is 3.39. The minimum absolute atomic E-state index is 0.303. The summed E-state index contributed by atoms with van der Waals surface area (Å²) < 4.78 is 0. The van der Waals surface area contributed by atoms with Gasteiger partial charge in [0, 0.05) is 0 Å². The van der Waals surface area contributed by atoms with Gasteiger partial charge in [-0.1, -0.05) is 0 Å². The summed E-state index contributed by atoms with van der Waals surface area (Å²) in [4.78, 5) is 4.37. The molecule has 1 N–H and O–H groups in total. The first kappa shape index (κ1) is 4.36. The molecule has 0 amide bonds. The van der Waals surface area contributed by atoms with Crippen LogP contribution in [0.5, 0.6) is 0 Å². The Hall–Kier alpha value is -0.800. The van der Waals surface area contributed by atoms with Crippen molar-refractivity contribution in [1.82, 2.24) is 0 Å². The zero-order valence-electron chi connectivity index (χ0n) is 3.63. The summed E-state index contributed by atoms with van der Waals surface area (Å²) in [6.45, 7) is 0. The van der Waals surface area contributed by atoms with Gasteiger partial charge in [0.15, 0.2) is 6.26 Å². The lowest BCUT2D eigenvalue weighted by atomic mass is 10.6. The summed E-state index contributed by atoms with van der Waals surface area (Å²) in [5.41, 5.74) is 0. The highest BCUT2D eigenvalue weighted by atomic mass is 16.9. The maximum Gasteiger partial charge on any atom is 0.155 e. The van der Waals surface area contributed by atoms with Crippen molar-refractivity contribution >= 4 is 0 Å². The van der Waals surface area contributed by atoms with Crippen LogP contribution in [0.15, 0.2) is 24.6 Å². The molecular weight excluding hydrogens is 94.0 g/mol. The molecule has 0 aromatic heterocycles. The summed E-state index contributed by atoms with van der Waals surface area (Å²) in [5.74, 6) is 0. The van der Waals surface area contributed by atoms with Crippen LogP contribution in [-0.2, 0) is 4.84 Å². The Labute approximate surface area is 41.0 Å². The van der Waals surface area contributed by atoms with Crippen molar-refractivity contribution in [2.45, 2.75) is 0 Å². The number of hydrogen-bond donors (Lipinski definition) is 1. The second kappa shape index (κ2) is 1.77. The Balaban J connectivity index is 2.49. The largest absolute Gasteiger partial charge is 0.586 e. The van der Waals surface area contributed by atoms with Crippen molar-refractivity contribution in [3.05, 3.63) is 29.8 Å². The van der Waals surface area contributed by atoms with Crippen molar-refractivity contribution < 1.29 is 10.1 Å². The number of quaternary nitrogens is 1. The van der Waals surface area contributed by atoms with Gasteiger partial charge in [0.2, 0.25) is 0 Å². The molecule has 1 heterocycles. The fourth-order valence-corrected chi connectivity index (χ4v) is 0.325. The van der Waals surface area contributed by atoms with Gasteiger partial charge < -0.3 is 10.0 Å². The maximum absolute atomic E-state index is 10.1. The fourth-order valence-electron chi connectivity index (χ4n) is 0.325. The van der Waals surface area contributed by atoms with Gasteiger partial charge in [-0.25, -0.2) is 0 Å². The second-order valence-electron chi connectivity index (χ2n) is 1.12. The molecule has 0 saturated carbocycles. The van der Waals surface area contributed by atoms with Crippen LogP contribution in [-0.4, -0.2) is 0 Å². The third-order valence-corrected chi connectivity index (χ3v) is 0.606. The van der Waals surface area contributed by atoms with Crippen LogP contribution in [0, 0.1) is 5.21 Å². The zero-order valence-corrected chi connectivity index (χ0v) is 3.63. The molecule has 0 spiro atoms. The number of hydrogen-bond acceptors (Lipinski definition) is 2. The molecule has 3 heteroatoms. The van der Waals surface area contributed by atoms with Crippen molar-refractivity contribution in [1.29, 1.82) is 0 Å². The second-order valence-corrected chi connectivity index (χ2v) is 1.12. The van der Waals surface area contributed by atoms with Gasteiger partial charge in [-0.15, -0.1) is 0 Å². The number of hydroxylamine groups is 2. The molecule has 1 rings (SSSR count). The molecule has 3 nitrogen and oxygen atoms in total. The standard InChI is InChI=1S/C4H5NO2/c6-5-3-1-2-4-7-5/h1-5H. The third-order valence-electron chi connectivity index (χ3n) is 0.606. The summed E-state index contributed by atoms with van der Waals surface area (Å²) in [6.07, 6.45) is 6.00. The first-order valence-corrected chi connectivity index (χ1v) is 1.93. The van der Waals surface area contributed by atoms with E-state index >= 15 is 0 Å². The van der Waals surface area contributed by atoms with Gasteiger partial charge in [-0.2, -0.15) is 5.23 Å². The highest BCUT2D eigenvalue weighted by molar-refractivity contribution is 4.96. The SMILES string of the molecule is [O-][NH+]1C=CC=CO1. The molecule has 1 aliphatic rings. The molecular formula is C4H5NO2. The highest BCUT2D eigenvalue weighted by Gasteiger charge is 1.87. The fraction of sp³-hybridized carbons (Fsp3) is 0. The summed E-state index contributed by atoms with van der Waals surface area (Å²) in [6, 6.07) is 0. The smallest absolute Gasteiger partial charge is 0.155 e. The van der Waals surface area contributed by atoms with E-state index in [4.69, 9.17) is 0 Å². The van der Waals surface area contributed by atoms with Crippen molar-refractivity contribution in [3.63, 3.8) is 0 Å². The molecule has 1 atom stereocenters. The van der Waals surface area contributed by atoms with E-state index in [1.807, 2.05) is 0 Å². The Kier molecular flexibility index (Phi) is 1.10. The van der Waals surface area contributed by atoms with Gasteiger partial charge in [0.1, 0.15) is 6.20 Å². The average Bonchev–Trinajstić information content (AvgIpc) is 1.69. The van der Waals surface area contributed by atoms with Crippen LogP contribution in [0.25, 0.3) is 0 Å². The monoisotopic (exact) mass is 99.0 g/mol. The lowest BCUT2D eigenvalue weighted by molar-refractivity contribution is -0.997. The Morgan fingerprint density at radius 2 is 2.29 bits per heavy atom. The quantitative estimate of drug-likeness (QED) is 0.409. The molecule has 0 saturated heterocycles. The number of allylic oxidation sites excluding steroid dienone is 2. The minimum atomic E-state index is -0.303. The van der Waals surface area contributed by atoms with Crippen molar-refractivity contribution in [2.24, 2.45) is 0 Å².